The van der Waals surface area contributed by atoms with Gasteiger partial charge in [-0.1, -0.05) is 97.1 Å². The first kappa shape index (κ1) is 24.0. The molecule has 8 aromatic rings. The molecule has 0 bridgehead atoms. The van der Waals surface area contributed by atoms with Gasteiger partial charge in [-0.15, -0.1) is 0 Å². The molecule has 3 nitrogen and oxygen atoms in total. The average Bonchev–Trinajstić information content (AvgIpc) is 3.07. The van der Waals surface area contributed by atoms with Crippen LogP contribution >= 0.6 is 0 Å². The monoisotopic (exact) mass is 533 g/mol. The van der Waals surface area contributed by atoms with Crippen molar-refractivity contribution in [2.45, 2.75) is 0 Å². The van der Waals surface area contributed by atoms with Gasteiger partial charge in [0.25, 0.3) is 0 Å². The normalized spacial score (nSPS) is 11.3. The molecular formula is C39H23N3. The summed E-state index contributed by atoms with van der Waals surface area (Å²) in [6.45, 7) is 7.35. The van der Waals surface area contributed by atoms with E-state index < -0.39 is 0 Å². The Hall–Kier alpha value is -5.85. The fraction of sp³-hybridized carbons (Fsp3) is 0. The third kappa shape index (κ3) is 4.06. The molecule has 0 N–H and O–H groups in total. The minimum absolute atomic E-state index is 0.644. The predicted molar refractivity (Wildman–Crippen MR) is 175 cm³/mol. The highest BCUT2D eigenvalue weighted by Gasteiger charge is 2.12. The van der Waals surface area contributed by atoms with Crippen LogP contribution in [0.25, 0.3) is 81.7 Å². The summed E-state index contributed by atoms with van der Waals surface area (Å²) in [5.74, 6) is 0. The molecule has 0 saturated carbocycles. The van der Waals surface area contributed by atoms with Crippen molar-refractivity contribution < 1.29 is 0 Å². The van der Waals surface area contributed by atoms with Crippen LogP contribution in [0.1, 0.15) is 0 Å². The highest BCUT2D eigenvalue weighted by atomic mass is 14.7. The first-order chi connectivity index (χ1) is 20.7. The molecule has 0 amide bonds. The molecule has 2 aromatic heterocycles. The number of nitrogens with zero attached hydrogens (tertiary/aromatic N) is 3. The summed E-state index contributed by atoms with van der Waals surface area (Å²) in [6, 6.07) is 46.6. The maximum absolute atomic E-state index is 7.35. The molecule has 0 atom stereocenters. The van der Waals surface area contributed by atoms with Crippen LogP contribution in [0, 0.1) is 6.57 Å². The maximum Gasteiger partial charge on any atom is 0.187 e. The molecule has 0 unspecified atom stereocenters. The molecule has 3 heteroatoms. The Balaban J connectivity index is 1.28. The molecular weight excluding hydrogens is 510 g/mol. The lowest BCUT2D eigenvalue weighted by Crippen LogP contribution is -1.89. The number of pyridine rings is 2. The van der Waals surface area contributed by atoms with Crippen LogP contribution in [-0.4, -0.2) is 9.97 Å². The molecule has 42 heavy (non-hydrogen) atoms. The van der Waals surface area contributed by atoms with Crippen LogP contribution in [0.3, 0.4) is 0 Å². The zero-order valence-corrected chi connectivity index (χ0v) is 22.6. The van der Waals surface area contributed by atoms with E-state index >= 15 is 0 Å². The van der Waals surface area contributed by atoms with Gasteiger partial charge in [-0.3, -0.25) is 4.98 Å². The minimum Gasteiger partial charge on any atom is -0.254 e. The average molecular weight is 534 g/mol. The van der Waals surface area contributed by atoms with E-state index in [1.165, 1.54) is 16.2 Å². The van der Waals surface area contributed by atoms with Gasteiger partial charge in [0.1, 0.15) is 0 Å². The summed E-state index contributed by atoms with van der Waals surface area (Å²) in [5, 5.41) is 6.90. The molecule has 0 spiro atoms. The lowest BCUT2D eigenvalue weighted by atomic mass is 9.90. The van der Waals surface area contributed by atoms with Crippen LogP contribution in [0.4, 0.5) is 5.69 Å². The quantitative estimate of drug-likeness (QED) is 0.167. The standard InChI is InChI=1S/C39H23N3/c1-40-34-17-14-26(15-18-34)35-23-29-5-2-3-6-30(29)24-36(35)31-12-8-25-9-13-32(22-33(25)21-31)37-19-16-28-11-10-27-7-4-20-41-38(27)39(28)42-37/h2-24H. The van der Waals surface area contributed by atoms with E-state index in [-0.39, 0.29) is 0 Å². The molecule has 0 aliphatic heterocycles. The molecule has 2 heterocycles. The van der Waals surface area contributed by atoms with Crippen LogP contribution in [0.15, 0.2) is 140 Å². The fourth-order valence-corrected chi connectivity index (χ4v) is 5.89. The van der Waals surface area contributed by atoms with Crippen LogP contribution < -0.4 is 0 Å². The zero-order chi connectivity index (χ0) is 28.0. The topological polar surface area (TPSA) is 30.1 Å². The lowest BCUT2D eigenvalue weighted by molar-refractivity contribution is 1.37. The third-order valence-electron chi connectivity index (χ3n) is 8.07. The van der Waals surface area contributed by atoms with Gasteiger partial charge in [0.15, 0.2) is 5.69 Å². The van der Waals surface area contributed by atoms with Crippen molar-refractivity contribution in [3.8, 4) is 33.5 Å². The van der Waals surface area contributed by atoms with Crippen molar-refractivity contribution >= 4 is 49.0 Å². The van der Waals surface area contributed by atoms with E-state index in [1.54, 1.807) is 0 Å². The van der Waals surface area contributed by atoms with Crippen LogP contribution in [-0.2, 0) is 0 Å². The number of fused-ring (bicyclic) bond motifs is 5. The van der Waals surface area contributed by atoms with E-state index in [0.717, 1.165) is 60.7 Å². The van der Waals surface area contributed by atoms with Gasteiger partial charge >= 0.3 is 0 Å². The van der Waals surface area contributed by atoms with Gasteiger partial charge in [-0.05, 0) is 80.2 Å². The van der Waals surface area contributed by atoms with Crippen LogP contribution in [0.2, 0.25) is 0 Å². The van der Waals surface area contributed by atoms with Crippen molar-refractivity contribution in [1.29, 1.82) is 0 Å². The maximum atomic E-state index is 7.35. The second-order valence-corrected chi connectivity index (χ2v) is 10.6. The van der Waals surface area contributed by atoms with E-state index in [9.17, 15) is 0 Å². The van der Waals surface area contributed by atoms with Gasteiger partial charge in [0.2, 0.25) is 0 Å². The second kappa shape index (κ2) is 9.66. The Morgan fingerprint density at radius 3 is 1.81 bits per heavy atom. The van der Waals surface area contributed by atoms with Crippen molar-refractivity contribution in [2.24, 2.45) is 0 Å². The fourth-order valence-electron chi connectivity index (χ4n) is 5.89. The Morgan fingerprint density at radius 1 is 0.452 bits per heavy atom. The van der Waals surface area contributed by atoms with Gasteiger partial charge in [0, 0.05) is 22.5 Å². The first-order valence-corrected chi connectivity index (χ1v) is 13.9. The summed E-state index contributed by atoms with van der Waals surface area (Å²) in [4.78, 5) is 13.3. The molecule has 8 rings (SSSR count). The molecule has 0 saturated heterocycles. The largest absolute Gasteiger partial charge is 0.254 e. The van der Waals surface area contributed by atoms with E-state index in [1.807, 2.05) is 36.5 Å². The Kier molecular flexibility index (Phi) is 5.52. The number of aromatic nitrogens is 2. The van der Waals surface area contributed by atoms with E-state index in [4.69, 9.17) is 11.6 Å². The summed E-state index contributed by atoms with van der Waals surface area (Å²) in [6.07, 6.45) is 1.83. The smallest absolute Gasteiger partial charge is 0.187 e. The summed E-state index contributed by atoms with van der Waals surface area (Å²) in [7, 11) is 0. The second-order valence-electron chi connectivity index (χ2n) is 10.6. The summed E-state index contributed by atoms with van der Waals surface area (Å²) >= 11 is 0. The van der Waals surface area contributed by atoms with Crippen LogP contribution in [0.5, 0.6) is 0 Å². The molecule has 6 aromatic carbocycles. The van der Waals surface area contributed by atoms with Gasteiger partial charge in [-0.25, -0.2) is 9.83 Å². The van der Waals surface area contributed by atoms with E-state index in [0.29, 0.717) is 5.69 Å². The van der Waals surface area contributed by atoms with Gasteiger partial charge in [-0.2, -0.15) is 0 Å². The highest BCUT2D eigenvalue weighted by molar-refractivity contribution is 6.04. The molecule has 194 valence electrons. The van der Waals surface area contributed by atoms with Crippen molar-refractivity contribution in [3.05, 3.63) is 151 Å². The molecule has 0 fully saturated rings. The Labute approximate surface area is 243 Å². The SMILES string of the molecule is [C-]#[N+]c1ccc(-c2cc3ccccc3cc2-c2ccc3ccc(-c4ccc5ccc6cccnc6c5n4)cc3c2)cc1. The minimum atomic E-state index is 0.644. The number of hydrogen-bond donors (Lipinski definition) is 0. The summed E-state index contributed by atoms with van der Waals surface area (Å²) < 4.78 is 0. The first-order valence-electron chi connectivity index (χ1n) is 13.9. The van der Waals surface area contributed by atoms with Gasteiger partial charge < -0.3 is 0 Å². The third-order valence-corrected chi connectivity index (χ3v) is 8.07. The number of rotatable bonds is 3. The Bertz CT molecular complexity index is 2360. The molecule has 0 aliphatic carbocycles. The van der Waals surface area contributed by atoms with E-state index in [2.05, 4.69) is 113 Å². The number of hydrogen-bond acceptors (Lipinski definition) is 2. The molecule has 0 aliphatic rings. The zero-order valence-electron chi connectivity index (χ0n) is 22.6. The predicted octanol–water partition coefficient (Wildman–Crippen LogP) is 10.6. The lowest BCUT2D eigenvalue weighted by Gasteiger charge is -2.14. The van der Waals surface area contributed by atoms with Crippen molar-refractivity contribution in [3.63, 3.8) is 0 Å². The summed E-state index contributed by atoms with van der Waals surface area (Å²) in [5.41, 5.74) is 9.05. The number of benzene rings is 6. The highest BCUT2D eigenvalue weighted by Crippen LogP contribution is 2.38. The van der Waals surface area contributed by atoms with Crippen molar-refractivity contribution in [1.82, 2.24) is 9.97 Å². The van der Waals surface area contributed by atoms with Crippen molar-refractivity contribution in [2.75, 3.05) is 0 Å². The molecule has 0 radical (unpaired) electrons. The van der Waals surface area contributed by atoms with Gasteiger partial charge in [0.05, 0.1) is 23.3 Å². The Morgan fingerprint density at radius 2 is 1.05 bits per heavy atom.